The van der Waals surface area contributed by atoms with Crippen molar-refractivity contribution in [1.82, 2.24) is 4.90 Å². The Bertz CT molecular complexity index is 507. The molecule has 0 radical (unpaired) electrons. The number of nitrogens with zero attached hydrogens (tertiary/aromatic N) is 1. The fraction of sp³-hybridized carbons (Fsp3) is 0.562. The first-order valence-electron chi connectivity index (χ1n) is 7.54. The lowest BCUT2D eigenvalue weighted by Gasteiger charge is -2.39. The molecule has 0 heterocycles. The zero-order valence-corrected chi connectivity index (χ0v) is 15.5. The quantitative estimate of drug-likeness (QED) is 0.798. The highest BCUT2D eigenvalue weighted by Crippen LogP contribution is 2.30. The van der Waals surface area contributed by atoms with Crippen LogP contribution in [0.2, 0.25) is 0 Å². The summed E-state index contributed by atoms with van der Waals surface area (Å²) in [4.78, 5) is 14.9. The summed E-state index contributed by atoms with van der Waals surface area (Å²) in [6, 6.07) is 5.98. The second-order valence-electron chi connectivity index (χ2n) is 5.56. The molecule has 0 aromatic heterocycles. The Morgan fingerprint density at radius 2 is 2.05 bits per heavy atom. The first kappa shape index (κ1) is 17.0. The lowest BCUT2D eigenvalue weighted by molar-refractivity contribution is 0.0559. The van der Waals surface area contributed by atoms with Crippen molar-refractivity contribution < 1.29 is 4.79 Å². The highest BCUT2D eigenvalue weighted by molar-refractivity contribution is 9.11. The summed E-state index contributed by atoms with van der Waals surface area (Å²) >= 11 is 6.92. The zero-order chi connectivity index (χ0) is 15.4. The normalized spacial score (nSPS) is 22.1. The van der Waals surface area contributed by atoms with Gasteiger partial charge in [-0.25, -0.2) is 0 Å². The molecule has 1 aliphatic rings. The number of rotatable bonds is 4. The average Bonchev–Trinajstić information content (AvgIpc) is 2.48. The van der Waals surface area contributed by atoms with Crippen LogP contribution in [0.4, 0.5) is 0 Å². The lowest BCUT2D eigenvalue weighted by atomic mass is 9.83. The van der Waals surface area contributed by atoms with Gasteiger partial charge in [-0.2, -0.15) is 0 Å². The Labute approximate surface area is 143 Å². The third-order valence-electron chi connectivity index (χ3n) is 4.34. The van der Waals surface area contributed by atoms with Crippen LogP contribution in [-0.2, 0) is 0 Å². The molecule has 2 N–H and O–H groups in total. The molecule has 2 rings (SSSR count). The maximum atomic E-state index is 12.9. The van der Waals surface area contributed by atoms with E-state index in [4.69, 9.17) is 5.73 Å². The molecule has 0 aliphatic heterocycles. The molecule has 0 saturated heterocycles. The summed E-state index contributed by atoms with van der Waals surface area (Å²) in [6.45, 7) is 3.44. The standard InChI is InChI=1S/C16H22Br2N2O/c1-2-20(15-6-4-3-5-11(15)10-19)16(21)13-8-7-12(17)9-14(13)18/h7-9,11,15H,2-6,10,19H2,1H3. The molecule has 1 aromatic rings. The summed E-state index contributed by atoms with van der Waals surface area (Å²) in [5, 5.41) is 0. The van der Waals surface area contributed by atoms with E-state index in [9.17, 15) is 4.79 Å². The SMILES string of the molecule is CCN(C(=O)c1ccc(Br)cc1Br)C1CCCCC1CN. The number of carbonyl (C=O) groups is 1. The third kappa shape index (κ3) is 3.88. The van der Waals surface area contributed by atoms with Crippen LogP contribution in [0.3, 0.4) is 0 Å². The minimum absolute atomic E-state index is 0.0993. The second kappa shape index (κ2) is 7.75. The maximum Gasteiger partial charge on any atom is 0.255 e. The Kier molecular flexibility index (Phi) is 6.26. The summed E-state index contributed by atoms with van der Waals surface area (Å²) in [6.07, 6.45) is 4.61. The number of amides is 1. The van der Waals surface area contributed by atoms with E-state index in [0.29, 0.717) is 12.5 Å². The van der Waals surface area contributed by atoms with Crippen molar-refractivity contribution in [3.63, 3.8) is 0 Å². The van der Waals surface area contributed by atoms with Gasteiger partial charge in [0.2, 0.25) is 0 Å². The summed E-state index contributed by atoms with van der Waals surface area (Å²) in [7, 11) is 0. The van der Waals surface area contributed by atoms with Crippen LogP contribution in [-0.4, -0.2) is 29.9 Å². The predicted octanol–water partition coefficient (Wildman–Crippen LogP) is 4.19. The highest BCUT2D eigenvalue weighted by atomic mass is 79.9. The van der Waals surface area contributed by atoms with Crippen LogP contribution in [0, 0.1) is 5.92 Å². The van der Waals surface area contributed by atoms with Crippen LogP contribution < -0.4 is 5.73 Å². The van der Waals surface area contributed by atoms with Crippen LogP contribution in [0.5, 0.6) is 0 Å². The van der Waals surface area contributed by atoms with E-state index in [1.54, 1.807) is 0 Å². The van der Waals surface area contributed by atoms with Crippen LogP contribution in [0.1, 0.15) is 43.0 Å². The van der Waals surface area contributed by atoms with Crippen molar-refractivity contribution in [2.45, 2.75) is 38.6 Å². The molecule has 1 saturated carbocycles. The van der Waals surface area contributed by atoms with Crippen LogP contribution in [0.15, 0.2) is 27.1 Å². The summed E-state index contributed by atoms with van der Waals surface area (Å²) in [5.41, 5.74) is 6.64. The number of nitrogens with two attached hydrogens (primary N) is 1. The summed E-state index contributed by atoms with van der Waals surface area (Å²) < 4.78 is 1.80. The minimum Gasteiger partial charge on any atom is -0.336 e. The van der Waals surface area contributed by atoms with E-state index in [0.717, 1.165) is 33.9 Å². The second-order valence-corrected chi connectivity index (χ2v) is 7.33. The Balaban J connectivity index is 2.25. The molecule has 1 aliphatic carbocycles. The van der Waals surface area contributed by atoms with Crippen molar-refractivity contribution >= 4 is 37.8 Å². The highest BCUT2D eigenvalue weighted by Gasteiger charge is 2.32. The molecule has 2 unspecified atom stereocenters. The van der Waals surface area contributed by atoms with E-state index >= 15 is 0 Å². The van der Waals surface area contributed by atoms with Crippen molar-refractivity contribution in [3.05, 3.63) is 32.7 Å². The Morgan fingerprint density at radius 1 is 1.33 bits per heavy atom. The molecule has 0 spiro atoms. The van der Waals surface area contributed by atoms with Crippen molar-refractivity contribution in [2.75, 3.05) is 13.1 Å². The van der Waals surface area contributed by atoms with Gasteiger partial charge in [0, 0.05) is 21.5 Å². The van der Waals surface area contributed by atoms with Gasteiger partial charge in [-0.3, -0.25) is 4.79 Å². The first-order valence-corrected chi connectivity index (χ1v) is 9.13. The van der Waals surface area contributed by atoms with E-state index in [1.165, 1.54) is 12.8 Å². The van der Waals surface area contributed by atoms with Crippen molar-refractivity contribution in [2.24, 2.45) is 11.7 Å². The first-order chi connectivity index (χ1) is 10.1. The van der Waals surface area contributed by atoms with E-state index in [-0.39, 0.29) is 11.9 Å². The van der Waals surface area contributed by atoms with Gasteiger partial charge in [0.05, 0.1) is 5.56 Å². The van der Waals surface area contributed by atoms with Crippen LogP contribution in [0.25, 0.3) is 0 Å². The smallest absolute Gasteiger partial charge is 0.255 e. The van der Waals surface area contributed by atoms with E-state index in [1.807, 2.05) is 30.0 Å². The third-order valence-corrected chi connectivity index (χ3v) is 5.48. The minimum atomic E-state index is 0.0993. The van der Waals surface area contributed by atoms with Gasteiger partial charge in [0.15, 0.2) is 0 Å². The van der Waals surface area contributed by atoms with Gasteiger partial charge in [-0.15, -0.1) is 0 Å². The molecular weight excluding hydrogens is 396 g/mol. The molecule has 2 atom stereocenters. The van der Waals surface area contributed by atoms with E-state index < -0.39 is 0 Å². The molecule has 1 aromatic carbocycles. The van der Waals surface area contributed by atoms with Crippen LogP contribution >= 0.6 is 31.9 Å². The molecule has 3 nitrogen and oxygen atoms in total. The van der Waals surface area contributed by atoms with Gasteiger partial charge in [-0.05, 0) is 66.4 Å². The Hall–Kier alpha value is -0.390. The van der Waals surface area contributed by atoms with E-state index in [2.05, 4.69) is 31.9 Å². The molecule has 5 heteroatoms. The summed E-state index contributed by atoms with van der Waals surface area (Å²) in [5.74, 6) is 0.527. The molecule has 21 heavy (non-hydrogen) atoms. The number of carbonyl (C=O) groups excluding carboxylic acids is 1. The number of hydrogen-bond acceptors (Lipinski definition) is 2. The number of halogens is 2. The average molecular weight is 418 g/mol. The molecule has 1 amide bonds. The topological polar surface area (TPSA) is 46.3 Å². The largest absolute Gasteiger partial charge is 0.336 e. The molecule has 116 valence electrons. The monoisotopic (exact) mass is 416 g/mol. The van der Waals surface area contributed by atoms with Gasteiger partial charge < -0.3 is 10.6 Å². The fourth-order valence-electron chi connectivity index (χ4n) is 3.22. The van der Waals surface area contributed by atoms with Gasteiger partial charge in [0.1, 0.15) is 0 Å². The van der Waals surface area contributed by atoms with Crippen molar-refractivity contribution in [1.29, 1.82) is 0 Å². The fourth-order valence-corrected chi connectivity index (χ4v) is 4.44. The number of hydrogen-bond donors (Lipinski definition) is 1. The maximum absolute atomic E-state index is 12.9. The molecule has 1 fully saturated rings. The zero-order valence-electron chi connectivity index (χ0n) is 12.3. The van der Waals surface area contributed by atoms with Gasteiger partial charge >= 0.3 is 0 Å². The molecular formula is C16H22Br2N2O. The molecule has 0 bridgehead atoms. The predicted molar refractivity (Wildman–Crippen MR) is 93.4 cm³/mol. The van der Waals surface area contributed by atoms with Gasteiger partial charge in [0.25, 0.3) is 5.91 Å². The number of benzene rings is 1. The van der Waals surface area contributed by atoms with Gasteiger partial charge in [-0.1, -0.05) is 28.8 Å². The Morgan fingerprint density at radius 3 is 2.67 bits per heavy atom. The lowest BCUT2D eigenvalue weighted by Crippen LogP contribution is -2.48. The van der Waals surface area contributed by atoms with Crippen molar-refractivity contribution in [3.8, 4) is 0 Å².